The fourth-order valence-corrected chi connectivity index (χ4v) is 2.75. The summed E-state index contributed by atoms with van der Waals surface area (Å²) in [7, 11) is 0. The molecule has 2 amide bonds. The minimum Gasteiger partial charge on any atom is -0.382 e. The Kier molecular flexibility index (Phi) is 6.96. The van der Waals surface area contributed by atoms with Crippen LogP contribution in [0.3, 0.4) is 0 Å². The number of nitrogens with one attached hydrogen (secondary N) is 2. The summed E-state index contributed by atoms with van der Waals surface area (Å²) >= 11 is 0. The summed E-state index contributed by atoms with van der Waals surface area (Å²) in [5, 5.41) is 5.76. The molecule has 0 saturated heterocycles. The Bertz CT molecular complexity index is 541. The highest BCUT2D eigenvalue weighted by Gasteiger charge is 2.36. The zero-order chi connectivity index (χ0) is 16.4. The number of ether oxygens (including phenoxy) is 1. The molecule has 1 fully saturated rings. The van der Waals surface area contributed by atoms with Gasteiger partial charge in [0.1, 0.15) is 0 Å². The van der Waals surface area contributed by atoms with Crippen molar-refractivity contribution in [3.63, 3.8) is 0 Å². The standard InChI is InChI=1S/C19H26N2O2/c1-2-23-15-13-19(11-7-12-19)16-21-18(22)20-14-6-10-17-8-4-3-5-9-17/h3-5,8-9H,2,7,11-16H2,1H3,(H2,20,21,22). The number of rotatable bonds is 7. The van der Waals surface area contributed by atoms with Crippen molar-refractivity contribution in [1.82, 2.24) is 10.6 Å². The summed E-state index contributed by atoms with van der Waals surface area (Å²) in [5.74, 6) is 5.98. The smallest absolute Gasteiger partial charge is 0.315 e. The van der Waals surface area contributed by atoms with E-state index in [2.05, 4.69) is 22.5 Å². The molecule has 2 N–H and O–H groups in total. The molecule has 1 aliphatic carbocycles. The van der Waals surface area contributed by atoms with Crippen molar-refractivity contribution in [3.05, 3.63) is 35.9 Å². The van der Waals surface area contributed by atoms with Crippen LogP contribution in [0.15, 0.2) is 30.3 Å². The van der Waals surface area contributed by atoms with Gasteiger partial charge in [-0.2, -0.15) is 0 Å². The quantitative estimate of drug-likeness (QED) is 0.600. The molecule has 0 aliphatic heterocycles. The SMILES string of the molecule is CCOCCC1(CNC(=O)NCC#Cc2ccccc2)CCC1. The first-order valence-electron chi connectivity index (χ1n) is 8.37. The Labute approximate surface area is 139 Å². The maximum Gasteiger partial charge on any atom is 0.315 e. The molecule has 0 aromatic heterocycles. The number of hydrogen-bond donors (Lipinski definition) is 2. The average Bonchev–Trinajstić information content (AvgIpc) is 2.54. The van der Waals surface area contributed by atoms with E-state index in [-0.39, 0.29) is 11.4 Å². The highest BCUT2D eigenvalue weighted by Crippen LogP contribution is 2.43. The van der Waals surface area contributed by atoms with Gasteiger partial charge in [0, 0.05) is 25.3 Å². The number of hydrogen-bond acceptors (Lipinski definition) is 2. The van der Waals surface area contributed by atoms with Gasteiger partial charge in [-0.15, -0.1) is 0 Å². The molecule has 2 rings (SSSR count). The number of amides is 2. The van der Waals surface area contributed by atoms with E-state index in [9.17, 15) is 4.79 Å². The van der Waals surface area contributed by atoms with Gasteiger partial charge >= 0.3 is 6.03 Å². The Morgan fingerprint density at radius 1 is 1.26 bits per heavy atom. The first-order chi connectivity index (χ1) is 11.2. The molecule has 0 atom stereocenters. The molecule has 0 bridgehead atoms. The fourth-order valence-electron chi connectivity index (χ4n) is 2.75. The zero-order valence-electron chi connectivity index (χ0n) is 13.9. The molecular formula is C19H26N2O2. The highest BCUT2D eigenvalue weighted by molar-refractivity contribution is 5.74. The molecule has 4 nitrogen and oxygen atoms in total. The fraction of sp³-hybridized carbons (Fsp3) is 0.526. The predicted octanol–water partition coefficient (Wildman–Crippen LogP) is 2.93. The van der Waals surface area contributed by atoms with Crippen LogP contribution in [0.1, 0.15) is 38.2 Å². The Hall–Kier alpha value is -1.99. The van der Waals surface area contributed by atoms with Crippen LogP contribution in [0.2, 0.25) is 0 Å². The van der Waals surface area contributed by atoms with Gasteiger partial charge in [-0.05, 0) is 43.7 Å². The van der Waals surface area contributed by atoms with E-state index in [4.69, 9.17) is 4.74 Å². The maximum absolute atomic E-state index is 11.8. The Morgan fingerprint density at radius 2 is 2.04 bits per heavy atom. The lowest BCUT2D eigenvalue weighted by atomic mass is 9.67. The van der Waals surface area contributed by atoms with Crippen LogP contribution < -0.4 is 10.6 Å². The van der Waals surface area contributed by atoms with Crippen LogP contribution in [-0.4, -0.2) is 32.3 Å². The van der Waals surface area contributed by atoms with E-state index in [1.807, 2.05) is 37.3 Å². The zero-order valence-corrected chi connectivity index (χ0v) is 13.9. The lowest BCUT2D eigenvalue weighted by Crippen LogP contribution is -2.46. The van der Waals surface area contributed by atoms with E-state index in [0.717, 1.165) is 31.7 Å². The molecule has 0 radical (unpaired) electrons. The van der Waals surface area contributed by atoms with Gasteiger partial charge in [0.15, 0.2) is 0 Å². The van der Waals surface area contributed by atoms with Crippen molar-refractivity contribution >= 4 is 6.03 Å². The molecule has 0 unspecified atom stereocenters. The lowest BCUT2D eigenvalue weighted by Gasteiger charge is -2.42. The van der Waals surface area contributed by atoms with Crippen LogP contribution in [0.4, 0.5) is 4.79 Å². The van der Waals surface area contributed by atoms with E-state index >= 15 is 0 Å². The second-order valence-corrected chi connectivity index (χ2v) is 6.00. The van der Waals surface area contributed by atoms with Crippen LogP contribution in [0.25, 0.3) is 0 Å². The number of benzene rings is 1. The summed E-state index contributed by atoms with van der Waals surface area (Å²) in [6.45, 7) is 4.62. The van der Waals surface area contributed by atoms with Crippen LogP contribution in [0.5, 0.6) is 0 Å². The summed E-state index contributed by atoms with van der Waals surface area (Å²) in [6, 6.07) is 9.61. The second kappa shape index (κ2) is 9.22. The minimum absolute atomic E-state index is 0.143. The highest BCUT2D eigenvalue weighted by atomic mass is 16.5. The first-order valence-corrected chi connectivity index (χ1v) is 8.37. The van der Waals surface area contributed by atoms with Gasteiger partial charge in [0.25, 0.3) is 0 Å². The van der Waals surface area contributed by atoms with Crippen molar-refractivity contribution in [2.75, 3.05) is 26.3 Å². The topological polar surface area (TPSA) is 50.4 Å². The van der Waals surface area contributed by atoms with Gasteiger partial charge in [0.2, 0.25) is 0 Å². The van der Waals surface area contributed by atoms with Crippen LogP contribution in [0, 0.1) is 17.3 Å². The normalized spacial score (nSPS) is 15.0. The molecule has 0 heterocycles. The molecule has 1 aromatic carbocycles. The van der Waals surface area contributed by atoms with E-state index in [1.54, 1.807) is 0 Å². The van der Waals surface area contributed by atoms with Crippen LogP contribution >= 0.6 is 0 Å². The van der Waals surface area contributed by atoms with Crippen molar-refractivity contribution in [2.45, 2.75) is 32.6 Å². The third-order valence-electron chi connectivity index (χ3n) is 4.36. The molecule has 23 heavy (non-hydrogen) atoms. The maximum atomic E-state index is 11.8. The predicted molar refractivity (Wildman–Crippen MR) is 92.1 cm³/mol. The van der Waals surface area contributed by atoms with Gasteiger partial charge in [-0.25, -0.2) is 4.79 Å². The molecule has 124 valence electrons. The first kappa shape index (κ1) is 17.4. The summed E-state index contributed by atoms with van der Waals surface area (Å²) in [5.41, 5.74) is 1.20. The van der Waals surface area contributed by atoms with Crippen molar-refractivity contribution in [2.24, 2.45) is 5.41 Å². The minimum atomic E-state index is -0.143. The largest absolute Gasteiger partial charge is 0.382 e. The lowest BCUT2D eigenvalue weighted by molar-refractivity contribution is 0.0558. The van der Waals surface area contributed by atoms with Crippen molar-refractivity contribution in [3.8, 4) is 11.8 Å². The molecular weight excluding hydrogens is 288 g/mol. The van der Waals surface area contributed by atoms with Gasteiger partial charge < -0.3 is 15.4 Å². The summed E-state index contributed by atoms with van der Waals surface area (Å²) < 4.78 is 5.45. The van der Waals surface area contributed by atoms with E-state index in [1.165, 1.54) is 19.3 Å². The van der Waals surface area contributed by atoms with Crippen LogP contribution in [-0.2, 0) is 4.74 Å². The molecule has 4 heteroatoms. The number of urea groups is 1. The molecule has 1 aromatic rings. The summed E-state index contributed by atoms with van der Waals surface area (Å²) in [6.07, 6.45) is 4.62. The Morgan fingerprint density at radius 3 is 2.70 bits per heavy atom. The van der Waals surface area contributed by atoms with Crippen molar-refractivity contribution < 1.29 is 9.53 Å². The number of carbonyl (C=O) groups excluding carboxylic acids is 1. The van der Waals surface area contributed by atoms with Gasteiger partial charge in [0.05, 0.1) is 6.54 Å². The summed E-state index contributed by atoms with van der Waals surface area (Å²) in [4.78, 5) is 11.8. The molecule has 1 aliphatic rings. The average molecular weight is 314 g/mol. The Balaban J connectivity index is 1.65. The third-order valence-corrected chi connectivity index (χ3v) is 4.36. The van der Waals surface area contributed by atoms with E-state index < -0.39 is 0 Å². The molecule has 0 spiro atoms. The van der Waals surface area contributed by atoms with Gasteiger partial charge in [-0.3, -0.25) is 0 Å². The van der Waals surface area contributed by atoms with Gasteiger partial charge in [-0.1, -0.05) is 36.5 Å². The number of carbonyl (C=O) groups is 1. The second-order valence-electron chi connectivity index (χ2n) is 6.00. The monoisotopic (exact) mass is 314 g/mol. The van der Waals surface area contributed by atoms with E-state index in [0.29, 0.717) is 6.54 Å². The molecule has 1 saturated carbocycles. The van der Waals surface area contributed by atoms with Crippen molar-refractivity contribution in [1.29, 1.82) is 0 Å². The third kappa shape index (κ3) is 5.96.